The highest BCUT2D eigenvalue weighted by atomic mass is 127. The normalized spacial score (nSPS) is 12.0. The Kier molecular flexibility index (Phi) is 3.92. The molecule has 90 valence electrons. The molecule has 1 aromatic rings. The van der Waals surface area contributed by atoms with Gasteiger partial charge in [0, 0.05) is 0 Å². The number of nitrogens with zero attached hydrogens (tertiary/aromatic N) is 1. The Hall–Kier alpha value is -0.670. The van der Waals surface area contributed by atoms with E-state index in [1.807, 2.05) is 0 Å². The zero-order valence-corrected chi connectivity index (χ0v) is 9.94. The Morgan fingerprint density at radius 3 is 2.38 bits per heavy atom. The third-order valence-electron chi connectivity index (χ3n) is 1.58. The molecule has 1 heterocycles. The molecule has 0 saturated heterocycles. The molecule has 0 N–H and O–H groups in total. The van der Waals surface area contributed by atoms with Crippen molar-refractivity contribution in [1.29, 1.82) is 0 Å². The summed E-state index contributed by atoms with van der Waals surface area (Å²) >= 11 is 1.64. The summed E-state index contributed by atoms with van der Waals surface area (Å²) in [5.74, 6) is -0.928. The molecule has 0 aromatic carbocycles. The van der Waals surface area contributed by atoms with Crippen LogP contribution in [0.4, 0.5) is 22.0 Å². The van der Waals surface area contributed by atoms with Crippen LogP contribution in [-0.4, -0.2) is 11.3 Å². The first-order valence-corrected chi connectivity index (χ1v) is 4.99. The predicted octanol–water partition coefficient (Wildman–Crippen LogP) is 3.83. The highest BCUT2D eigenvalue weighted by Gasteiger charge is 2.34. The van der Waals surface area contributed by atoms with Gasteiger partial charge in [-0.1, -0.05) is 0 Å². The third kappa shape index (κ3) is 3.42. The molecule has 0 aliphatic carbocycles. The van der Waals surface area contributed by atoms with Crippen molar-refractivity contribution in [2.24, 2.45) is 0 Å². The van der Waals surface area contributed by atoms with E-state index in [2.05, 4.69) is 9.72 Å². The van der Waals surface area contributed by atoms with Crippen molar-refractivity contribution in [2.75, 3.05) is 0 Å². The van der Waals surface area contributed by atoms with E-state index in [1.165, 1.54) is 13.0 Å². The number of hydrogen-bond acceptors (Lipinski definition) is 2. The van der Waals surface area contributed by atoms with E-state index in [-0.39, 0.29) is 9.26 Å². The quantitative estimate of drug-likeness (QED) is 0.458. The summed E-state index contributed by atoms with van der Waals surface area (Å²) in [6, 6.07) is 1.23. The van der Waals surface area contributed by atoms with Gasteiger partial charge in [0.05, 0.1) is 0 Å². The molecule has 0 atom stereocenters. The number of rotatable bonds is 2. The lowest BCUT2D eigenvalue weighted by Crippen LogP contribution is -2.19. The zero-order valence-electron chi connectivity index (χ0n) is 7.78. The van der Waals surface area contributed by atoms with Crippen molar-refractivity contribution < 1.29 is 26.7 Å². The number of aryl methyl sites for hydroxylation is 1. The van der Waals surface area contributed by atoms with Crippen molar-refractivity contribution in [1.82, 2.24) is 4.98 Å². The van der Waals surface area contributed by atoms with Crippen LogP contribution in [0.5, 0.6) is 5.75 Å². The van der Waals surface area contributed by atoms with Gasteiger partial charge in [0.15, 0.2) is 5.75 Å². The largest absolute Gasteiger partial charge is 0.573 e. The second-order valence-corrected chi connectivity index (χ2v) is 3.93. The Bertz CT molecular complexity index is 393. The molecule has 1 aromatic heterocycles. The van der Waals surface area contributed by atoms with Crippen LogP contribution < -0.4 is 4.74 Å². The predicted molar refractivity (Wildman–Crippen MR) is 53.3 cm³/mol. The minimum absolute atomic E-state index is 0.0352. The van der Waals surface area contributed by atoms with Crippen LogP contribution >= 0.6 is 22.6 Å². The topological polar surface area (TPSA) is 22.1 Å². The standard InChI is InChI=1S/C8H5F5INO/c1-3-2-4(14)15-5(7(9)10)6(3)16-8(11,12)13/h2,7H,1H3. The maximum absolute atomic E-state index is 12.4. The van der Waals surface area contributed by atoms with E-state index in [0.29, 0.717) is 0 Å². The monoisotopic (exact) mass is 353 g/mol. The van der Waals surface area contributed by atoms with E-state index in [1.54, 1.807) is 22.6 Å². The molecule has 0 aliphatic rings. The maximum atomic E-state index is 12.4. The molecule has 0 amide bonds. The number of halogens is 6. The molecule has 0 fully saturated rings. The summed E-state index contributed by atoms with van der Waals surface area (Å²) in [4.78, 5) is 3.33. The van der Waals surface area contributed by atoms with Gasteiger partial charge in [0.2, 0.25) is 0 Å². The van der Waals surface area contributed by atoms with Crippen molar-refractivity contribution in [3.8, 4) is 5.75 Å². The minimum Gasteiger partial charge on any atom is -0.403 e. The summed E-state index contributed by atoms with van der Waals surface area (Å²) in [5.41, 5.74) is -1.03. The SMILES string of the molecule is Cc1cc(I)nc(C(F)F)c1OC(F)(F)F. The van der Waals surface area contributed by atoms with Gasteiger partial charge in [-0.05, 0) is 41.1 Å². The number of pyridine rings is 1. The Morgan fingerprint density at radius 1 is 1.38 bits per heavy atom. The van der Waals surface area contributed by atoms with E-state index < -0.39 is 24.2 Å². The van der Waals surface area contributed by atoms with E-state index in [9.17, 15) is 22.0 Å². The zero-order chi connectivity index (χ0) is 12.5. The van der Waals surface area contributed by atoms with Gasteiger partial charge in [-0.25, -0.2) is 13.8 Å². The summed E-state index contributed by atoms with van der Waals surface area (Å²) < 4.78 is 64.5. The smallest absolute Gasteiger partial charge is 0.403 e. The lowest BCUT2D eigenvalue weighted by molar-refractivity contribution is -0.275. The summed E-state index contributed by atoms with van der Waals surface area (Å²) in [6.07, 6.45) is -8.13. The highest BCUT2D eigenvalue weighted by molar-refractivity contribution is 14.1. The van der Waals surface area contributed by atoms with Crippen molar-refractivity contribution >= 4 is 22.6 Å². The van der Waals surface area contributed by atoms with Crippen molar-refractivity contribution in [2.45, 2.75) is 19.7 Å². The van der Waals surface area contributed by atoms with Gasteiger partial charge in [0.1, 0.15) is 9.39 Å². The summed E-state index contributed by atoms with van der Waals surface area (Å²) in [5, 5.41) is 0. The molecule has 0 saturated carbocycles. The van der Waals surface area contributed by atoms with Crippen LogP contribution in [0.2, 0.25) is 0 Å². The third-order valence-corrected chi connectivity index (χ3v) is 2.13. The van der Waals surface area contributed by atoms with Crippen molar-refractivity contribution in [3.05, 3.63) is 21.0 Å². The average Bonchev–Trinajstić information content (AvgIpc) is 2.07. The fraction of sp³-hybridized carbons (Fsp3) is 0.375. The highest BCUT2D eigenvalue weighted by Crippen LogP contribution is 2.34. The molecule has 2 nitrogen and oxygen atoms in total. The van der Waals surface area contributed by atoms with Gasteiger partial charge in [-0.3, -0.25) is 0 Å². The van der Waals surface area contributed by atoms with Crippen LogP contribution in [0.1, 0.15) is 17.7 Å². The van der Waals surface area contributed by atoms with E-state index in [4.69, 9.17) is 0 Å². The Labute approximate surface area is 101 Å². The lowest BCUT2D eigenvalue weighted by Gasteiger charge is -2.14. The molecule has 0 unspecified atom stereocenters. The molecule has 0 radical (unpaired) electrons. The first-order valence-electron chi connectivity index (χ1n) is 3.91. The molecule has 0 spiro atoms. The van der Waals surface area contributed by atoms with Gasteiger partial charge >= 0.3 is 6.36 Å². The van der Waals surface area contributed by atoms with Gasteiger partial charge in [0.25, 0.3) is 6.43 Å². The fourth-order valence-electron chi connectivity index (χ4n) is 1.04. The summed E-state index contributed by atoms with van der Waals surface area (Å²) in [7, 11) is 0. The van der Waals surface area contributed by atoms with Crippen LogP contribution in [0.25, 0.3) is 0 Å². The Morgan fingerprint density at radius 2 is 1.94 bits per heavy atom. The average molecular weight is 353 g/mol. The van der Waals surface area contributed by atoms with Crippen LogP contribution in [0.15, 0.2) is 6.07 Å². The number of alkyl halides is 5. The molecule has 0 bridgehead atoms. The van der Waals surface area contributed by atoms with E-state index in [0.717, 1.165) is 0 Å². The first-order chi connectivity index (χ1) is 7.20. The van der Waals surface area contributed by atoms with E-state index >= 15 is 0 Å². The van der Waals surface area contributed by atoms with Crippen LogP contribution in [0, 0.1) is 10.6 Å². The second-order valence-electron chi connectivity index (χ2n) is 2.82. The fourth-order valence-corrected chi connectivity index (χ4v) is 1.77. The molecular formula is C8H5F5INO. The Balaban J connectivity index is 3.25. The van der Waals surface area contributed by atoms with Gasteiger partial charge in [-0.2, -0.15) is 0 Å². The van der Waals surface area contributed by atoms with Crippen LogP contribution in [-0.2, 0) is 0 Å². The van der Waals surface area contributed by atoms with Crippen LogP contribution in [0.3, 0.4) is 0 Å². The number of ether oxygens (including phenoxy) is 1. The molecule has 16 heavy (non-hydrogen) atoms. The first kappa shape index (κ1) is 13.4. The molecular weight excluding hydrogens is 348 g/mol. The lowest BCUT2D eigenvalue weighted by atomic mass is 10.2. The molecule has 0 aliphatic heterocycles. The number of hydrogen-bond donors (Lipinski definition) is 0. The minimum atomic E-state index is -5.01. The number of aromatic nitrogens is 1. The van der Waals surface area contributed by atoms with Gasteiger partial charge < -0.3 is 4.74 Å². The molecule has 8 heteroatoms. The molecule has 1 rings (SSSR count). The maximum Gasteiger partial charge on any atom is 0.573 e. The summed E-state index contributed by atoms with van der Waals surface area (Å²) in [6.45, 7) is 1.25. The second kappa shape index (κ2) is 4.68. The van der Waals surface area contributed by atoms with Gasteiger partial charge in [-0.15, -0.1) is 13.2 Å². The van der Waals surface area contributed by atoms with Crippen molar-refractivity contribution in [3.63, 3.8) is 0 Å².